The molecule has 0 amide bonds. The van der Waals surface area contributed by atoms with Gasteiger partial charge in [0.1, 0.15) is 0 Å². The fraction of sp³-hybridized carbons (Fsp3) is 0.800. The second-order valence-corrected chi connectivity index (χ2v) is 4.43. The highest BCUT2D eigenvalue weighted by Crippen LogP contribution is 2.49. The molecule has 0 N–H and O–H groups in total. The van der Waals surface area contributed by atoms with Crippen molar-refractivity contribution in [3.05, 3.63) is 11.6 Å². The lowest BCUT2D eigenvalue weighted by Crippen LogP contribution is -2.31. The third kappa shape index (κ3) is 0.624. The fourth-order valence-electron chi connectivity index (χ4n) is 3.38. The Morgan fingerprint density at radius 2 is 1.70 bits per heavy atom. The molecular formula is C10H14. The number of hydrogen-bond acceptors (Lipinski definition) is 0. The van der Waals surface area contributed by atoms with Crippen molar-refractivity contribution in [1.29, 1.82) is 0 Å². The molecule has 0 aromatic heterocycles. The van der Waals surface area contributed by atoms with E-state index in [-0.39, 0.29) is 0 Å². The zero-order valence-electron chi connectivity index (χ0n) is 6.34. The van der Waals surface area contributed by atoms with Crippen molar-refractivity contribution < 1.29 is 0 Å². The summed E-state index contributed by atoms with van der Waals surface area (Å²) < 4.78 is 0. The largest absolute Gasteiger partial charge is 0.0822 e. The molecule has 0 aromatic carbocycles. The van der Waals surface area contributed by atoms with Crippen molar-refractivity contribution >= 4 is 0 Å². The van der Waals surface area contributed by atoms with Gasteiger partial charge in [-0.1, -0.05) is 11.6 Å². The van der Waals surface area contributed by atoms with E-state index in [1.807, 2.05) is 5.57 Å². The molecular weight excluding hydrogens is 120 g/mol. The molecule has 1 unspecified atom stereocenters. The van der Waals surface area contributed by atoms with Crippen LogP contribution in [0, 0.1) is 17.8 Å². The summed E-state index contributed by atoms with van der Waals surface area (Å²) in [6, 6.07) is 0. The van der Waals surface area contributed by atoms with E-state index in [9.17, 15) is 0 Å². The van der Waals surface area contributed by atoms with Crippen LogP contribution in [0.1, 0.15) is 32.1 Å². The van der Waals surface area contributed by atoms with Gasteiger partial charge in [-0.25, -0.2) is 0 Å². The summed E-state index contributed by atoms with van der Waals surface area (Å²) in [6.45, 7) is 0. The van der Waals surface area contributed by atoms with Crippen molar-refractivity contribution in [3.8, 4) is 0 Å². The Morgan fingerprint density at radius 3 is 2.20 bits per heavy atom. The molecule has 0 nitrogen and oxygen atoms in total. The summed E-state index contributed by atoms with van der Waals surface area (Å²) >= 11 is 0. The third-order valence-electron chi connectivity index (χ3n) is 3.51. The monoisotopic (exact) mass is 134 g/mol. The van der Waals surface area contributed by atoms with E-state index >= 15 is 0 Å². The summed E-state index contributed by atoms with van der Waals surface area (Å²) in [5.41, 5.74) is 1.81. The molecule has 0 heterocycles. The first-order chi connectivity index (χ1) is 4.90. The molecule has 54 valence electrons. The first-order valence-electron chi connectivity index (χ1n) is 4.60. The highest BCUT2D eigenvalue weighted by atomic mass is 14.4. The Hall–Kier alpha value is -0.260. The molecule has 4 bridgehead atoms. The van der Waals surface area contributed by atoms with E-state index in [1.165, 1.54) is 25.7 Å². The van der Waals surface area contributed by atoms with Gasteiger partial charge in [0.05, 0.1) is 0 Å². The van der Waals surface area contributed by atoms with Crippen molar-refractivity contribution in [2.45, 2.75) is 32.1 Å². The van der Waals surface area contributed by atoms with Crippen LogP contribution in [0.2, 0.25) is 0 Å². The lowest BCUT2D eigenvalue weighted by Gasteiger charge is -2.44. The zero-order valence-corrected chi connectivity index (χ0v) is 6.34. The normalized spacial score (nSPS) is 49.6. The van der Waals surface area contributed by atoms with Crippen LogP contribution >= 0.6 is 0 Å². The Labute approximate surface area is 62.3 Å². The Kier molecular flexibility index (Phi) is 0.898. The van der Waals surface area contributed by atoms with Gasteiger partial charge in [-0.2, -0.15) is 0 Å². The Morgan fingerprint density at radius 1 is 1.00 bits per heavy atom. The predicted molar refractivity (Wildman–Crippen MR) is 41.6 cm³/mol. The molecule has 0 aromatic rings. The molecule has 4 aliphatic rings. The molecule has 2 saturated carbocycles. The van der Waals surface area contributed by atoms with Gasteiger partial charge in [0, 0.05) is 0 Å². The maximum atomic E-state index is 2.58. The Bertz CT molecular complexity index is 174. The summed E-state index contributed by atoms with van der Waals surface area (Å²) in [4.78, 5) is 0. The summed E-state index contributed by atoms with van der Waals surface area (Å²) in [7, 11) is 0. The van der Waals surface area contributed by atoms with Crippen LogP contribution < -0.4 is 0 Å². The summed E-state index contributed by atoms with van der Waals surface area (Å²) in [5, 5.41) is 0. The fourth-order valence-corrected chi connectivity index (χ4v) is 3.38. The van der Waals surface area contributed by atoms with E-state index in [0.29, 0.717) is 0 Å². The SMILES string of the molecule is C1=C2C[C@@H]3CC1C[C@H](C2)C3. The van der Waals surface area contributed by atoms with Crippen LogP contribution in [0.3, 0.4) is 0 Å². The molecule has 0 spiro atoms. The van der Waals surface area contributed by atoms with Gasteiger partial charge in [0.15, 0.2) is 0 Å². The van der Waals surface area contributed by atoms with E-state index in [1.54, 1.807) is 6.42 Å². The van der Waals surface area contributed by atoms with Crippen molar-refractivity contribution in [3.63, 3.8) is 0 Å². The number of hydrogen-bond donors (Lipinski definition) is 0. The molecule has 0 heteroatoms. The minimum atomic E-state index is 1.02. The highest BCUT2D eigenvalue weighted by molar-refractivity contribution is 5.17. The van der Waals surface area contributed by atoms with Crippen LogP contribution in [0.4, 0.5) is 0 Å². The van der Waals surface area contributed by atoms with E-state index in [0.717, 1.165) is 17.8 Å². The van der Waals surface area contributed by atoms with Crippen molar-refractivity contribution in [1.82, 2.24) is 0 Å². The Balaban J connectivity index is 2.04. The highest BCUT2D eigenvalue weighted by Gasteiger charge is 2.36. The van der Waals surface area contributed by atoms with Gasteiger partial charge in [0.2, 0.25) is 0 Å². The molecule has 0 saturated heterocycles. The molecule has 0 radical (unpaired) electrons. The minimum Gasteiger partial charge on any atom is -0.0822 e. The van der Waals surface area contributed by atoms with Crippen LogP contribution in [-0.2, 0) is 0 Å². The average Bonchev–Trinajstić information content (AvgIpc) is 1.82. The van der Waals surface area contributed by atoms with Gasteiger partial charge in [0.25, 0.3) is 0 Å². The van der Waals surface area contributed by atoms with Gasteiger partial charge < -0.3 is 0 Å². The third-order valence-corrected chi connectivity index (χ3v) is 3.51. The molecule has 4 rings (SSSR count). The van der Waals surface area contributed by atoms with E-state index in [4.69, 9.17) is 0 Å². The number of allylic oxidation sites excluding steroid dienone is 2. The summed E-state index contributed by atoms with van der Waals surface area (Å²) in [5.74, 6) is 3.23. The average molecular weight is 134 g/mol. The molecule has 4 aliphatic carbocycles. The van der Waals surface area contributed by atoms with Crippen LogP contribution in [-0.4, -0.2) is 0 Å². The zero-order chi connectivity index (χ0) is 6.55. The maximum Gasteiger partial charge on any atom is -0.0225 e. The lowest BCUT2D eigenvalue weighted by atomic mass is 9.61. The predicted octanol–water partition coefficient (Wildman–Crippen LogP) is 2.75. The minimum absolute atomic E-state index is 1.02. The quantitative estimate of drug-likeness (QED) is 0.447. The standard InChI is InChI=1S/C10H14/c1-7-2-9-4-8(1)5-10(3-7)6-9/h1,7,9-10H,2-6H2/t7?,9-,10+. The van der Waals surface area contributed by atoms with Crippen LogP contribution in [0.5, 0.6) is 0 Å². The van der Waals surface area contributed by atoms with Crippen LogP contribution in [0.15, 0.2) is 11.6 Å². The molecule has 3 atom stereocenters. The van der Waals surface area contributed by atoms with Gasteiger partial charge in [-0.05, 0) is 49.9 Å². The summed E-state index contributed by atoms with van der Waals surface area (Å²) in [6.07, 6.45) is 10.1. The molecule has 2 fully saturated rings. The van der Waals surface area contributed by atoms with Crippen molar-refractivity contribution in [2.24, 2.45) is 17.8 Å². The number of rotatable bonds is 0. The topological polar surface area (TPSA) is 0 Å². The van der Waals surface area contributed by atoms with E-state index < -0.39 is 0 Å². The van der Waals surface area contributed by atoms with E-state index in [2.05, 4.69) is 6.08 Å². The lowest BCUT2D eigenvalue weighted by molar-refractivity contribution is 0.168. The van der Waals surface area contributed by atoms with Crippen LogP contribution in [0.25, 0.3) is 0 Å². The second-order valence-electron chi connectivity index (χ2n) is 4.43. The van der Waals surface area contributed by atoms with Gasteiger partial charge in [-0.3, -0.25) is 0 Å². The molecule has 10 heavy (non-hydrogen) atoms. The van der Waals surface area contributed by atoms with Gasteiger partial charge >= 0.3 is 0 Å². The first kappa shape index (κ1) is 5.40. The second kappa shape index (κ2) is 1.66. The molecule has 0 aliphatic heterocycles. The smallest absolute Gasteiger partial charge is 0.0225 e. The van der Waals surface area contributed by atoms with Gasteiger partial charge in [-0.15, -0.1) is 0 Å². The first-order valence-corrected chi connectivity index (χ1v) is 4.60. The van der Waals surface area contributed by atoms with Crippen molar-refractivity contribution in [2.75, 3.05) is 0 Å². The maximum absolute atomic E-state index is 2.58.